The second-order valence-corrected chi connectivity index (χ2v) is 6.36. The van der Waals surface area contributed by atoms with Crippen molar-refractivity contribution in [1.29, 1.82) is 0 Å². The highest BCUT2D eigenvalue weighted by Gasteiger charge is 2.20. The Morgan fingerprint density at radius 3 is 2.83 bits per heavy atom. The monoisotopic (exact) mass is 386 g/mol. The number of pyridine rings is 1. The van der Waals surface area contributed by atoms with Crippen molar-refractivity contribution in [2.24, 2.45) is 0 Å². The number of rotatable bonds is 4. The first kappa shape index (κ1) is 17.3. The summed E-state index contributed by atoms with van der Waals surface area (Å²) >= 11 is 18.1. The van der Waals surface area contributed by atoms with Crippen LogP contribution in [0.4, 0.5) is 5.69 Å². The molecule has 126 valence electrons. The fraction of sp³-hybridized carbons (Fsp3) is 0.250. The Bertz CT molecular complexity index is 764. The lowest BCUT2D eigenvalue weighted by atomic mass is 10.2. The minimum absolute atomic E-state index is 0.0695. The van der Waals surface area contributed by atoms with Crippen LogP contribution in [0, 0.1) is 0 Å². The quantitative estimate of drug-likeness (QED) is 0.841. The fourth-order valence-electron chi connectivity index (χ4n) is 2.19. The molecule has 1 aromatic heterocycles. The summed E-state index contributed by atoms with van der Waals surface area (Å²) in [6.07, 6.45) is 2.11. The molecule has 0 bridgehead atoms. The second kappa shape index (κ2) is 7.57. The van der Waals surface area contributed by atoms with Crippen LogP contribution in [0.5, 0.6) is 5.88 Å². The molecule has 3 rings (SSSR count). The smallest absolute Gasteiger partial charge is 0.257 e. The van der Waals surface area contributed by atoms with E-state index in [1.54, 1.807) is 18.2 Å². The summed E-state index contributed by atoms with van der Waals surface area (Å²) in [7, 11) is 0. The Labute approximate surface area is 153 Å². The summed E-state index contributed by atoms with van der Waals surface area (Å²) < 4.78 is 10.9. The normalized spacial score (nSPS) is 16.9. The fourth-order valence-corrected chi connectivity index (χ4v) is 2.75. The van der Waals surface area contributed by atoms with Gasteiger partial charge in [-0.15, -0.1) is 0 Å². The van der Waals surface area contributed by atoms with Crippen molar-refractivity contribution in [2.45, 2.75) is 12.5 Å². The Morgan fingerprint density at radius 2 is 2.12 bits per heavy atom. The third-order valence-corrected chi connectivity index (χ3v) is 4.53. The predicted molar refractivity (Wildman–Crippen MR) is 93.5 cm³/mol. The lowest BCUT2D eigenvalue weighted by Gasteiger charge is -2.13. The molecule has 1 fully saturated rings. The van der Waals surface area contributed by atoms with Gasteiger partial charge in [0.1, 0.15) is 11.1 Å². The Hall–Kier alpha value is -1.53. The molecule has 1 atom stereocenters. The van der Waals surface area contributed by atoms with E-state index in [-0.39, 0.29) is 27.6 Å². The van der Waals surface area contributed by atoms with Crippen molar-refractivity contribution < 1.29 is 14.3 Å². The number of aromatic nitrogens is 1. The van der Waals surface area contributed by atoms with E-state index in [2.05, 4.69) is 10.3 Å². The van der Waals surface area contributed by atoms with Crippen LogP contribution >= 0.6 is 34.8 Å². The average molecular weight is 388 g/mol. The van der Waals surface area contributed by atoms with Crippen LogP contribution in [0.25, 0.3) is 0 Å². The summed E-state index contributed by atoms with van der Waals surface area (Å²) in [5.74, 6) is -0.117. The van der Waals surface area contributed by atoms with E-state index in [0.717, 1.165) is 6.42 Å². The number of nitrogens with zero attached hydrogens (tertiary/aromatic N) is 1. The third-order valence-electron chi connectivity index (χ3n) is 3.44. The first-order valence-corrected chi connectivity index (χ1v) is 8.33. The number of carbonyl (C=O) groups is 1. The van der Waals surface area contributed by atoms with Gasteiger partial charge in [-0.2, -0.15) is 0 Å². The van der Waals surface area contributed by atoms with Crippen molar-refractivity contribution in [2.75, 3.05) is 18.5 Å². The summed E-state index contributed by atoms with van der Waals surface area (Å²) in [4.78, 5) is 16.4. The maximum Gasteiger partial charge on any atom is 0.257 e. The summed E-state index contributed by atoms with van der Waals surface area (Å²) in [5, 5.41) is 3.55. The zero-order valence-electron chi connectivity index (χ0n) is 12.4. The molecule has 0 unspecified atom stereocenters. The van der Waals surface area contributed by atoms with Gasteiger partial charge in [-0.1, -0.05) is 40.9 Å². The summed E-state index contributed by atoms with van der Waals surface area (Å²) in [6.45, 7) is 1.16. The van der Waals surface area contributed by atoms with Gasteiger partial charge in [0.25, 0.3) is 5.91 Å². The Morgan fingerprint density at radius 1 is 1.29 bits per heavy atom. The molecule has 1 aliphatic rings. The van der Waals surface area contributed by atoms with Crippen LogP contribution in [0.15, 0.2) is 30.5 Å². The van der Waals surface area contributed by atoms with Gasteiger partial charge in [-0.05, 0) is 18.2 Å². The van der Waals surface area contributed by atoms with E-state index in [4.69, 9.17) is 44.3 Å². The summed E-state index contributed by atoms with van der Waals surface area (Å²) in [5.41, 5.74) is 0.694. The largest absolute Gasteiger partial charge is 0.471 e. The number of hydrogen-bond donors (Lipinski definition) is 1. The van der Waals surface area contributed by atoms with Crippen molar-refractivity contribution in [1.82, 2.24) is 4.98 Å². The van der Waals surface area contributed by atoms with Crippen LogP contribution in [-0.2, 0) is 4.74 Å². The molecule has 1 saturated heterocycles. The molecule has 5 nitrogen and oxygen atoms in total. The third kappa shape index (κ3) is 3.92. The van der Waals surface area contributed by atoms with Gasteiger partial charge in [-0.3, -0.25) is 4.79 Å². The minimum Gasteiger partial charge on any atom is -0.471 e. The molecule has 0 radical (unpaired) electrons. The summed E-state index contributed by atoms with van der Waals surface area (Å²) in [6, 6.07) is 6.47. The molecule has 1 aliphatic heterocycles. The Balaban J connectivity index is 1.73. The van der Waals surface area contributed by atoms with Crippen molar-refractivity contribution in [3.05, 3.63) is 51.1 Å². The Kier molecular flexibility index (Phi) is 5.46. The van der Waals surface area contributed by atoms with E-state index in [9.17, 15) is 4.79 Å². The van der Waals surface area contributed by atoms with Gasteiger partial charge in [0.2, 0.25) is 5.88 Å². The first-order valence-electron chi connectivity index (χ1n) is 7.20. The zero-order valence-corrected chi connectivity index (χ0v) is 14.7. The van der Waals surface area contributed by atoms with Crippen LogP contribution in [-0.4, -0.2) is 30.2 Å². The van der Waals surface area contributed by atoms with E-state index < -0.39 is 5.91 Å². The standard InChI is InChI=1S/C16H13Cl3N2O3/c17-11-2-1-3-13(14(11)19)21-15(22)9-6-12(18)16(20-7-9)24-10-4-5-23-8-10/h1-3,6-7,10H,4-5,8H2,(H,21,22)/t10-/m1/s1. The van der Waals surface area contributed by atoms with Crippen molar-refractivity contribution >= 4 is 46.4 Å². The molecule has 2 heterocycles. The maximum atomic E-state index is 12.3. The number of hydrogen-bond acceptors (Lipinski definition) is 4. The number of halogens is 3. The molecule has 24 heavy (non-hydrogen) atoms. The molecule has 2 aromatic rings. The highest BCUT2D eigenvalue weighted by atomic mass is 35.5. The number of nitrogens with one attached hydrogen (secondary N) is 1. The van der Waals surface area contributed by atoms with Crippen LogP contribution in [0.2, 0.25) is 15.1 Å². The van der Waals surface area contributed by atoms with Gasteiger partial charge < -0.3 is 14.8 Å². The highest BCUT2D eigenvalue weighted by molar-refractivity contribution is 6.44. The lowest BCUT2D eigenvalue weighted by Crippen LogP contribution is -2.17. The van der Waals surface area contributed by atoms with E-state index in [1.807, 2.05) is 0 Å². The average Bonchev–Trinajstić information content (AvgIpc) is 3.07. The minimum atomic E-state index is -0.399. The second-order valence-electron chi connectivity index (χ2n) is 5.17. The molecular formula is C16H13Cl3N2O3. The molecule has 1 aromatic carbocycles. The van der Waals surface area contributed by atoms with Crippen molar-refractivity contribution in [3.8, 4) is 5.88 Å². The van der Waals surface area contributed by atoms with Gasteiger partial charge >= 0.3 is 0 Å². The maximum absolute atomic E-state index is 12.3. The van der Waals surface area contributed by atoms with Gasteiger partial charge in [0, 0.05) is 12.6 Å². The number of ether oxygens (including phenoxy) is 2. The molecular weight excluding hydrogens is 375 g/mol. The number of anilines is 1. The SMILES string of the molecule is O=C(Nc1cccc(Cl)c1Cl)c1cnc(O[C@@H]2CCOC2)c(Cl)c1. The molecule has 0 spiro atoms. The lowest BCUT2D eigenvalue weighted by molar-refractivity contribution is 0.102. The number of amides is 1. The topological polar surface area (TPSA) is 60.5 Å². The van der Waals surface area contributed by atoms with Crippen LogP contribution < -0.4 is 10.1 Å². The van der Waals surface area contributed by atoms with Crippen LogP contribution in [0.1, 0.15) is 16.8 Å². The van der Waals surface area contributed by atoms with Gasteiger partial charge in [-0.25, -0.2) is 4.98 Å². The van der Waals surface area contributed by atoms with E-state index in [1.165, 1.54) is 12.3 Å². The van der Waals surface area contributed by atoms with Gasteiger partial charge in [0.15, 0.2) is 0 Å². The molecule has 1 amide bonds. The zero-order chi connectivity index (χ0) is 17.1. The molecule has 0 aliphatic carbocycles. The van der Waals surface area contributed by atoms with E-state index in [0.29, 0.717) is 23.9 Å². The van der Waals surface area contributed by atoms with Gasteiger partial charge in [0.05, 0.1) is 34.5 Å². The van der Waals surface area contributed by atoms with Crippen molar-refractivity contribution in [3.63, 3.8) is 0 Å². The van der Waals surface area contributed by atoms with E-state index >= 15 is 0 Å². The number of carbonyl (C=O) groups excluding carboxylic acids is 1. The predicted octanol–water partition coefficient (Wildman–Crippen LogP) is 4.46. The number of benzene rings is 1. The molecule has 1 N–H and O–H groups in total. The van der Waals surface area contributed by atoms with Crippen LogP contribution in [0.3, 0.4) is 0 Å². The first-order chi connectivity index (χ1) is 11.5. The molecule has 8 heteroatoms. The highest BCUT2D eigenvalue weighted by Crippen LogP contribution is 2.30. The molecule has 0 saturated carbocycles.